The molecule has 4 aromatic rings. The van der Waals surface area contributed by atoms with Crippen molar-refractivity contribution < 1.29 is 13.2 Å². The molecule has 1 saturated heterocycles. The monoisotopic (exact) mass is 457 g/mol. The lowest BCUT2D eigenvalue weighted by Gasteiger charge is -2.34. The maximum absolute atomic E-state index is 12.8. The van der Waals surface area contributed by atoms with Crippen LogP contribution in [0.1, 0.15) is 0 Å². The van der Waals surface area contributed by atoms with E-state index in [1.165, 1.54) is 22.0 Å². The molecule has 5 rings (SSSR count). The highest BCUT2D eigenvalue weighted by molar-refractivity contribution is 7.91. The molecule has 31 heavy (non-hydrogen) atoms. The van der Waals surface area contributed by atoms with E-state index >= 15 is 0 Å². The normalized spacial score (nSPS) is 15.5. The van der Waals surface area contributed by atoms with Crippen LogP contribution in [-0.2, 0) is 10.0 Å². The Labute approximate surface area is 182 Å². The number of anilines is 1. The Morgan fingerprint density at radius 3 is 2.48 bits per heavy atom. The highest BCUT2D eigenvalue weighted by atomic mass is 32.2. The van der Waals surface area contributed by atoms with Gasteiger partial charge in [0, 0.05) is 26.2 Å². The maximum atomic E-state index is 12.8. The summed E-state index contributed by atoms with van der Waals surface area (Å²) in [6.07, 6.45) is 1.48. The fourth-order valence-electron chi connectivity index (χ4n) is 3.54. The third kappa shape index (κ3) is 3.52. The fourth-order valence-corrected chi connectivity index (χ4v) is 6.11. The van der Waals surface area contributed by atoms with Gasteiger partial charge in [0.05, 0.1) is 12.8 Å². The number of benzene rings is 1. The van der Waals surface area contributed by atoms with Gasteiger partial charge in [0.15, 0.2) is 17.0 Å². The molecule has 160 valence electrons. The van der Waals surface area contributed by atoms with Crippen LogP contribution < -0.4 is 9.64 Å². The third-order valence-electron chi connectivity index (χ3n) is 5.16. The van der Waals surface area contributed by atoms with E-state index in [4.69, 9.17) is 4.74 Å². The van der Waals surface area contributed by atoms with Gasteiger partial charge in [0.25, 0.3) is 10.0 Å². The predicted octanol–water partition coefficient (Wildman–Crippen LogP) is 1.79. The van der Waals surface area contributed by atoms with Gasteiger partial charge in [-0.3, -0.25) is 0 Å². The minimum atomic E-state index is -3.45. The summed E-state index contributed by atoms with van der Waals surface area (Å²) in [7, 11) is -1.84. The zero-order valence-corrected chi connectivity index (χ0v) is 18.3. The van der Waals surface area contributed by atoms with Crippen LogP contribution in [0.25, 0.3) is 16.9 Å². The Hall–Kier alpha value is -3.09. The Bertz CT molecular complexity index is 1300. The number of sulfonamides is 1. The summed E-state index contributed by atoms with van der Waals surface area (Å²) in [5, 5.41) is 10.3. The largest absolute Gasteiger partial charge is 0.497 e. The molecule has 0 aliphatic carbocycles. The minimum absolute atomic E-state index is 0.368. The molecule has 1 aromatic carbocycles. The van der Waals surface area contributed by atoms with Crippen molar-refractivity contribution in [1.82, 2.24) is 29.3 Å². The van der Waals surface area contributed by atoms with Crippen LogP contribution in [0.5, 0.6) is 5.75 Å². The number of aromatic nitrogens is 5. The second-order valence-corrected chi connectivity index (χ2v) is 10.0. The first-order valence-electron chi connectivity index (χ1n) is 9.57. The molecule has 0 radical (unpaired) electrons. The van der Waals surface area contributed by atoms with E-state index in [-0.39, 0.29) is 0 Å². The zero-order chi connectivity index (χ0) is 21.4. The van der Waals surface area contributed by atoms with Crippen LogP contribution in [0.15, 0.2) is 52.3 Å². The summed E-state index contributed by atoms with van der Waals surface area (Å²) in [4.78, 5) is 10.8. The number of hydrogen-bond donors (Lipinski definition) is 0. The van der Waals surface area contributed by atoms with Crippen LogP contribution in [0, 0.1) is 0 Å². The molecule has 0 spiro atoms. The number of fused-ring (bicyclic) bond motifs is 1. The number of thiophene rings is 1. The van der Waals surface area contributed by atoms with Gasteiger partial charge in [0.2, 0.25) is 0 Å². The summed E-state index contributed by atoms with van der Waals surface area (Å²) in [6.45, 7) is 1.76. The lowest BCUT2D eigenvalue weighted by atomic mass is 10.3. The van der Waals surface area contributed by atoms with Crippen molar-refractivity contribution in [2.45, 2.75) is 4.21 Å². The molecule has 0 atom stereocenters. The quantitative estimate of drug-likeness (QED) is 0.447. The van der Waals surface area contributed by atoms with Gasteiger partial charge in [0.1, 0.15) is 16.3 Å². The Morgan fingerprint density at radius 2 is 1.81 bits per heavy atom. The summed E-state index contributed by atoms with van der Waals surface area (Å²) < 4.78 is 34.3. The standard InChI is InChI=1S/C19H19N7O3S2/c1-29-15-6-4-14(5-7-15)26-19-17(22-23-26)18(20-13-21-19)24-8-10-25(11-9-24)31(27,28)16-3-2-12-30-16/h2-7,12-13H,8-11H2,1H3. The first-order valence-corrected chi connectivity index (χ1v) is 11.9. The first-order chi connectivity index (χ1) is 15.1. The molecular weight excluding hydrogens is 438 g/mol. The van der Waals surface area contributed by atoms with Crippen LogP contribution in [-0.4, -0.2) is 71.0 Å². The van der Waals surface area contributed by atoms with Crippen molar-refractivity contribution in [2.24, 2.45) is 0 Å². The van der Waals surface area contributed by atoms with Gasteiger partial charge in [-0.15, -0.1) is 16.4 Å². The maximum Gasteiger partial charge on any atom is 0.252 e. The molecule has 0 saturated carbocycles. The Morgan fingerprint density at radius 1 is 1.03 bits per heavy atom. The fraction of sp³-hybridized carbons (Fsp3) is 0.263. The molecule has 10 nitrogen and oxygen atoms in total. The van der Waals surface area contributed by atoms with Crippen LogP contribution in [0.2, 0.25) is 0 Å². The van der Waals surface area contributed by atoms with Gasteiger partial charge >= 0.3 is 0 Å². The van der Waals surface area contributed by atoms with E-state index in [2.05, 4.69) is 20.3 Å². The number of rotatable bonds is 5. The van der Waals surface area contributed by atoms with Gasteiger partial charge in [-0.05, 0) is 35.7 Å². The van der Waals surface area contributed by atoms with Crippen molar-refractivity contribution in [1.29, 1.82) is 0 Å². The van der Waals surface area contributed by atoms with Crippen molar-refractivity contribution in [3.63, 3.8) is 0 Å². The third-order valence-corrected chi connectivity index (χ3v) is 8.43. The number of nitrogens with zero attached hydrogens (tertiary/aromatic N) is 7. The molecule has 0 amide bonds. The van der Waals surface area contributed by atoms with Crippen LogP contribution in [0.4, 0.5) is 5.82 Å². The number of piperazine rings is 1. The topological polar surface area (TPSA) is 106 Å². The van der Waals surface area contributed by atoms with Crippen molar-refractivity contribution in [2.75, 3.05) is 38.2 Å². The average Bonchev–Trinajstić information content (AvgIpc) is 3.50. The molecule has 4 heterocycles. The zero-order valence-electron chi connectivity index (χ0n) is 16.6. The van der Waals surface area contributed by atoms with Gasteiger partial charge in [-0.1, -0.05) is 11.3 Å². The summed E-state index contributed by atoms with van der Waals surface area (Å²) in [6, 6.07) is 10.8. The molecule has 1 aliphatic rings. The van der Waals surface area contributed by atoms with Crippen molar-refractivity contribution >= 4 is 38.3 Å². The highest BCUT2D eigenvalue weighted by Gasteiger charge is 2.30. The predicted molar refractivity (Wildman–Crippen MR) is 116 cm³/mol. The molecule has 1 aliphatic heterocycles. The Kier molecular flexibility index (Phi) is 5.04. The molecule has 1 fully saturated rings. The van der Waals surface area contributed by atoms with Gasteiger partial charge < -0.3 is 9.64 Å². The molecular formula is C19H19N7O3S2. The van der Waals surface area contributed by atoms with Crippen LogP contribution >= 0.6 is 11.3 Å². The lowest BCUT2D eigenvalue weighted by molar-refractivity contribution is 0.385. The van der Waals surface area contributed by atoms with Crippen molar-refractivity contribution in [3.05, 3.63) is 48.1 Å². The number of hydrogen-bond acceptors (Lipinski definition) is 9. The second-order valence-electron chi connectivity index (χ2n) is 6.89. The summed E-state index contributed by atoms with van der Waals surface area (Å²) >= 11 is 1.23. The lowest BCUT2D eigenvalue weighted by Crippen LogP contribution is -2.48. The van der Waals surface area contributed by atoms with Crippen molar-refractivity contribution in [3.8, 4) is 11.4 Å². The molecule has 3 aromatic heterocycles. The van der Waals surface area contributed by atoms with E-state index in [0.717, 1.165) is 11.4 Å². The SMILES string of the molecule is COc1ccc(-n2nnc3c(N4CCN(S(=O)(=O)c5cccs5)CC4)ncnc32)cc1. The molecule has 0 N–H and O–H groups in total. The van der Waals surface area contributed by atoms with E-state index < -0.39 is 10.0 Å². The number of methoxy groups -OCH3 is 1. The molecule has 0 bridgehead atoms. The van der Waals surface area contributed by atoms with E-state index in [0.29, 0.717) is 47.4 Å². The van der Waals surface area contributed by atoms with E-state index in [1.807, 2.05) is 29.2 Å². The van der Waals surface area contributed by atoms with Gasteiger partial charge in [-0.2, -0.15) is 8.99 Å². The van der Waals surface area contributed by atoms with E-state index in [9.17, 15) is 8.42 Å². The minimum Gasteiger partial charge on any atom is -0.497 e. The summed E-state index contributed by atoms with van der Waals surface area (Å²) in [5.41, 5.74) is 1.97. The highest BCUT2D eigenvalue weighted by Crippen LogP contribution is 2.26. The second kappa shape index (κ2) is 7.87. The smallest absolute Gasteiger partial charge is 0.252 e. The molecule has 0 unspecified atom stereocenters. The number of ether oxygens (including phenoxy) is 1. The first kappa shape index (κ1) is 19.8. The molecule has 12 heteroatoms. The van der Waals surface area contributed by atoms with E-state index in [1.54, 1.807) is 29.3 Å². The van der Waals surface area contributed by atoms with Gasteiger partial charge in [-0.25, -0.2) is 18.4 Å². The summed E-state index contributed by atoms with van der Waals surface area (Å²) in [5.74, 6) is 1.40. The Balaban J connectivity index is 1.40. The average molecular weight is 458 g/mol. The van der Waals surface area contributed by atoms with Crippen LogP contribution in [0.3, 0.4) is 0 Å².